The number of benzene rings is 2. The molecule has 2 aromatic carbocycles. The van der Waals surface area contributed by atoms with Crippen molar-refractivity contribution in [3.05, 3.63) is 54.9 Å². The second-order valence-electron chi connectivity index (χ2n) is 5.42. The van der Waals surface area contributed by atoms with Crippen LogP contribution in [0, 0.1) is 0 Å². The minimum absolute atomic E-state index is 0.207. The lowest BCUT2D eigenvalue weighted by molar-refractivity contribution is 0.404. The SMILES string of the molecule is Nc1ncnc2nc(-c3ccccc3)c(-c3ccc(O)c(O)c3)nc12. The van der Waals surface area contributed by atoms with Gasteiger partial charge in [0, 0.05) is 11.1 Å². The van der Waals surface area contributed by atoms with Gasteiger partial charge in [-0.25, -0.2) is 19.9 Å². The average molecular weight is 331 g/mol. The van der Waals surface area contributed by atoms with Crippen LogP contribution < -0.4 is 5.73 Å². The van der Waals surface area contributed by atoms with Crippen molar-refractivity contribution in [2.75, 3.05) is 5.73 Å². The number of phenols is 2. The molecule has 122 valence electrons. The summed E-state index contributed by atoms with van der Waals surface area (Å²) in [5.74, 6) is -0.223. The molecule has 0 aliphatic heterocycles. The second-order valence-corrected chi connectivity index (χ2v) is 5.42. The number of rotatable bonds is 2. The van der Waals surface area contributed by atoms with E-state index in [1.54, 1.807) is 6.07 Å². The zero-order valence-electron chi connectivity index (χ0n) is 13.0. The summed E-state index contributed by atoms with van der Waals surface area (Å²) in [5.41, 5.74) is 9.21. The minimum Gasteiger partial charge on any atom is -0.504 e. The van der Waals surface area contributed by atoms with Crippen LogP contribution in [0.25, 0.3) is 33.7 Å². The van der Waals surface area contributed by atoms with Gasteiger partial charge < -0.3 is 15.9 Å². The van der Waals surface area contributed by atoms with Gasteiger partial charge in [-0.15, -0.1) is 0 Å². The third-order valence-corrected chi connectivity index (χ3v) is 3.79. The average Bonchev–Trinajstić information content (AvgIpc) is 2.64. The third kappa shape index (κ3) is 2.57. The van der Waals surface area contributed by atoms with Gasteiger partial charge in [-0.05, 0) is 18.2 Å². The van der Waals surface area contributed by atoms with Crippen molar-refractivity contribution >= 4 is 17.0 Å². The number of nitrogen functional groups attached to an aromatic ring is 1. The van der Waals surface area contributed by atoms with E-state index in [1.165, 1.54) is 18.5 Å². The number of fused-ring (bicyclic) bond motifs is 1. The van der Waals surface area contributed by atoms with E-state index in [-0.39, 0.29) is 17.3 Å². The minimum atomic E-state index is -0.240. The summed E-state index contributed by atoms with van der Waals surface area (Å²) >= 11 is 0. The molecular formula is C18H13N5O2. The largest absolute Gasteiger partial charge is 0.504 e. The van der Waals surface area contributed by atoms with Crippen molar-refractivity contribution < 1.29 is 10.2 Å². The van der Waals surface area contributed by atoms with Crippen LogP contribution in [0.15, 0.2) is 54.9 Å². The van der Waals surface area contributed by atoms with Gasteiger partial charge in [-0.2, -0.15) is 0 Å². The highest BCUT2D eigenvalue weighted by Gasteiger charge is 2.16. The van der Waals surface area contributed by atoms with Crippen LogP contribution >= 0.6 is 0 Å². The molecular weight excluding hydrogens is 318 g/mol. The molecule has 0 aliphatic carbocycles. The third-order valence-electron chi connectivity index (χ3n) is 3.79. The second kappa shape index (κ2) is 5.72. The summed E-state index contributed by atoms with van der Waals surface area (Å²) in [6, 6.07) is 14.0. The number of anilines is 1. The molecule has 7 heteroatoms. The summed E-state index contributed by atoms with van der Waals surface area (Å²) in [4.78, 5) is 17.3. The van der Waals surface area contributed by atoms with Crippen molar-refractivity contribution in [3.8, 4) is 34.0 Å². The molecule has 0 bridgehead atoms. The van der Waals surface area contributed by atoms with Crippen LogP contribution in [0.1, 0.15) is 0 Å². The molecule has 0 fully saturated rings. The molecule has 4 N–H and O–H groups in total. The molecule has 0 amide bonds. The number of hydrogen-bond acceptors (Lipinski definition) is 7. The van der Waals surface area contributed by atoms with Gasteiger partial charge >= 0.3 is 0 Å². The normalized spacial score (nSPS) is 10.9. The van der Waals surface area contributed by atoms with Crippen LogP contribution in [0.4, 0.5) is 5.82 Å². The molecule has 0 radical (unpaired) electrons. The first-order valence-electron chi connectivity index (χ1n) is 7.49. The quantitative estimate of drug-likeness (QED) is 0.483. The van der Waals surface area contributed by atoms with Crippen molar-refractivity contribution in [2.45, 2.75) is 0 Å². The van der Waals surface area contributed by atoms with Gasteiger partial charge in [0.05, 0.1) is 11.4 Å². The molecule has 0 unspecified atom stereocenters. The fourth-order valence-electron chi connectivity index (χ4n) is 2.56. The number of phenolic OH excluding ortho intramolecular Hbond substituents is 2. The van der Waals surface area contributed by atoms with Gasteiger partial charge in [-0.1, -0.05) is 30.3 Å². The Morgan fingerprint density at radius 3 is 2.28 bits per heavy atom. The van der Waals surface area contributed by atoms with Crippen LogP contribution in [-0.2, 0) is 0 Å². The molecule has 0 aliphatic rings. The lowest BCUT2D eigenvalue weighted by atomic mass is 10.0. The lowest BCUT2D eigenvalue weighted by Gasteiger charge is -2.11. The number of hydrogen-bond donors (Lipinski definition) is 3. The maximum absolute atomic E-state index is 9.84. The van der Waals surface area contributed by atoms with Gasteiger partial charge in [0.15, 0.2) is 28.5 Å². The van der Waals surface area contributed by atoms with E-state index in [2.05, 4.69) is 19.9 Å². The maximum Gasteiger partial charge on any atom is 0.184 e. The first kappa shape index (κ1) is 14.8. The summed E-state index contributed by atoms with van der Waals surface area (Å²) in [6.45, 7) is 0. The van der Waals surface area contributed by atoms with Crippen molar-refractivity contribution in [1.82, 2.24) is 19.9 Å². The Labute approximate surface area is 142 Å². The molecule has 7 nitrogen and oxygen atoms in total. The van der Waals surface area contributed by atoms with Crippen molar-refractivity contribution in [3.63, 3.8) is 0 Å². The van der Waals surface area contributed by atoms with Crippen molar-refractivity contribution in [1.29, 1.82) is 0 Å². The van der Waals surface area contributed by atoms with Gasteiger partial charge in [0.25, 0.3) is 0 Å². The lowest BCUT2D eigenvalue weighted by Crippen LogP contribution is -2.01. The Balaban J connectivity index is 2.06. The summed E-state index contributed by atoms with van der Waals surface area (Å²) in [5, 5.41) is 19.4. The van der Waals surface area contributed by atoms with Gasteiger partial charge in [0.1, 0.15) is 6.33 Å². The fourth-order valence-corrected chi connectivity index (χ4v) is 2.56. The number of aromatic nitrogens is 4. The van der Waals surface area contributed by atoms with E-state index in [0.29, 0.717) is 28.1 Å². The molecule has 4 rings (SSSR count). The Bertz CT molecular complexity index is 1080. The fraction of sp³-hybridized carbons (Fsp3) is 0. The van der Waals surface area contributed by atoms with Gasteiger partial charge in [-0.3, -0.25) is 0 Å². The molecule has 25 heavy (non-hydrogen) atoms. The predicted octanol–water partition coefficient (Wildman–Crippen LogP) is 2.75. The number of nitrogens with zero attached hydrogens (tertiary/aromatic N) is 4. The Hall–Kier alpha value is -3.74. The van der Waals surface area contributed by atoms with E-state index in [9.17, 15) is 10.2 Å². The zero-order chi connectivity index (χ0) is 17.4. The summed E-state index contributed by atoms with van der Waals surface area (Å²) in [7, 11) is 0. The smallest absolute Gasteiger partial charge is 0.184 e. The molecule has 0 saturated carbocycles. The Kier molecular flexibility index (Phi) is 3.39. The van der Waals surface area contributed by atoms with Crippen LogP contribution in [0.3, 0.4) is 0 Å². The molecule has 4 aromatic rings. The number of nitrogens with two attached hydrogens (primary N) is 1. The van der Waals surface area contributed by atoms with E-state index in [1.807, 2.05) is 30.3 Å². The van der Waals surface area contributed by atoms with Crippen LogP contribution in [0.5, 0.6) is 11.5 Å². The predicted molar refractivity (Wildman–Crippen MR) is 93.7 cm³/mol. The highest BCUT2D eigenvalue weighted by Crippen LogP contribution is 2.35. The van der Waals surface area contributed by atoms with Gasteiger partial charge in [0.2, 0.25) is 0 Å². The Morgan fingerprint density at radius 2 is 1.52 bits per heavy atom. The molecule has 2 heterocycles. The highest BCUT2D eigenvalue weighted by molar-refractivity contribution is 5.89. The standard InChI is InChI=1S/C18H13N5O2/c19-17-16-18(21-9-20-17)23-14(10-4-2-1-3-5-10)15(22-16)11-6-7-12(24)13(25)8-11/h1-9,24-25H,(H2,19,20,21,23). The Morgan fingerprint density at radius 1 is 0.760 bits per heavy atom. The first-order valence-corrected chi connectivity index (χ1v) is 7.49. The maximum atomic E-state index is 9.84. The summed E-state index contributed by atoms with van der Waals surface area (Å²) < 4.78 is 0. The monoisotopic (exact) mass is 331 g/mol. The van der Waals surface area contributed by atoms with Crippen LogP contribution in [-0.4, -0.2) is 30.1 Å². The highest BCUT2D eigenvalue weighted by atomic mass is 16.3. The van der Waals surface area contributed by atoms with E-state index in [4.69, 9.17) is 5.73 Å². The summed E-state index contributed by atoms with van der Waals surface area (Å²) in [6.07, 6.45) is 1.34. The number of aromatic hydroxyl groups is 2. The molecule has 0 atom stereocenters. The first-order chi connectivity index (χ1) is 12.1. The molecule has 0 spiro atoms. The molecule has 0 saturated heterocycles. The van der Waals surface area contributed by atoms with Crippen LogP contribution in [0.2, 0.25) is 0 Å². The van der Waals surface area contributed by atoms with E-state index < -0.39 is 0 Å². The molecule has 2 aromatic heterocycles. The van der Waals surface area contributed by atoms with Crippen molar-refractivity contribution in [2.24, 2.45) is 0 Å². The topological polar surface area (TPSA) is 118 Å². The van der Waals surface area contributed by atoms with E-state index in [0.717, 1.165) is 5.56 Å². The van der Waals surface area contributed by atoms with E-state index >= 15 is 0 Å². The zero-order valence-corrected chi connectivity index (χ0v) is 13.0.